The molecular formula is C9H20N4. The average Bonchev–Trinajstić information content (AvgIpc) is 2.08. The summed E-state index contributed by atoms with van der Waals surface area (Å²) in [6, 6.07) is 0. The lowest BCUT2D eigenvalue weighted by molar-refractivity contribution is 0.145. The maximum Gasteiger partial charge on any atom is 0.105 e. The van der Waals surface area contributed by atoms with Crippen molar-refractivity contribution in [1.29, 1.82) is 5.41 Å². The maximum atomic E-state index is 7.18. The van der Waals surface area contributed by atoms with Gasteiger partial charge in [-0.15, -0.1) is 0 Å². The fraction of sp³-hybridized carbons (Fsp3) is 0.889. The minimum absolute atomic E-state index is 0.281. The van der Waals surface area contributed by atoms with Crippen molar-refractivity contribution in [1.82, 2.24) is 9.80 Å². The number of amidine groups is 1. The molecule has 0 spiro atoms. The molecule has 0 unspecified atom stereocenters. The zero-order chi connectivity index (χ0) is 9.68. The largest absolute Gasteiger partial charge is 0.387 e. The van der Waals surface area contributed by atoms with Crippen LogP contribution in [0.4, 0.5) is 0 Å². The molecule has 4 nitrogen and oxygen atoms in total. The lowest BCUT2D eigenvalue weighted by Gasteiger charge is -2.34. The summed E-state index contributed by atoms with van der Waals surface area (Å²) in [7, 11) is 0. The second kappa shape index (κ2) is 5.19. The van der Waals surface area contributed by atoms with Gasteiger partial charge in [0, 0.05) is 26.2 Å². The third-order valence-corrected chi connectivity index (χ3v) is 2.40. The number of nitrogens with two attached hydrogens (primary N) is 1. The van der Waals surface area contributed by atoms with Gasteiger partial charge in [0.15, 0.2) is 0 Å². The first kappa shape index (κ1) is 10.5. The molecule has 0 aromatic heterocycles. The number of piperazine rings is 1. The third-order valence-electron chi connectivity index (χ3n) is 2.40. The highest BCUT2D eigenvalue weighted by molar-refractivity contribution is 5.78. The summed E-state index contributed by atoms with van der Waals surface area (Å²) in [6.07, 6.45) is 1.23. The Bertz CT molecular complexity index is 161. The Labute approximate surface area is 80.2 Å². The first-order valence-electron chi connectivity index (χ1n) is 5.00. The van der Waals surface area contributed by atoms with Crippen LogP contribution >= 0.6 is 0 Å². The van der Waals surface area contributed by atoms with E-state index in [0.29, 0.717) is 6.54 Å². The van der Waals surface area contributed by atoms with Crippen molar-refractivity contribution >= 4 is 5.84 Å². The molecule has 1 heterocycles. The van der Waals surface area contributed by atoms with E-state index in [1.54, 1.807) is 0 Å². The molecule has 76 valence electrons. The van der Waals surface area contributed by atoms with Gasteiger partial charge in [-0.1, -0.05) is 6.92 Å². The summed E-state index contributed by atoms with van der Waals surface area (Å²) in [5.74, 6) is 0.281. The van der Waals surface area contributed by atoms with Crippen LogP contribution < -0.4 is 5.73 Å². The fourth-order valence-electron chi connectivity index (χ4n) is 1.73. The predicted molar refractivity (Wildman–Crippen MR) is 55.1 cm³/mol. The summed E-state index contributed by atoms with van der Waals surface area (Å²) in [4.78, 5) is 4.71. The second-order valence-corrected chi connectivity index (χ2v) is 3.64. The van der Waals surface area contributed by atoms with Crippen LogP contribution in [-0.4, -0.2) is 54.9 Å². The molecule has 0 radical (unpaired) electrons. The molecule has 0 aromatic carbocycles. The summed E-state index contributed by atoms with van der Waals surface area (Å²) in [6.45, 7) is 8.41. The SMILES string of the molecule is CCCN1CCN(CC(=N)N)CC1. The minimum atomic E-state index is 0.281. The standard InChI is InChI=1S/C9H20N4/c1-2-3-12-4-6-13(7-5-12)8-9(10)11/h2-8H2,1H3,(H3,10,11). The lowest BCUT2D eigenvalue weighted by atomic mass is 10.3. The zero-order valence-electron chi connectivity index (χ0n) is 8.42. The summed E-state index contributed by atoms with van der Waals surface area (Å²) in [5.41, 5.74) is 5.34. The van der Waals surface area contributed by atoms with Crippen LogP contribution in [0.5, 0.6) is 0 Å². The van der Waals surface area contributed by atoms with Crippen molar-refractivity contribution in [3.8, 4) is 0 Å². The van der Waals surface area contributed by atoms with Crippen LogP contribution in [0.2, 0.25) is 0 Å². The van der Waals surface area contributed by atoms with Gasteiger partial charge in [-0.25, -0.2) is 0 Å². The highest BCUT2D eigenvalue weighted by Crippen LogP contribution is 2.01. The van der Waals surface area contributed by atoms with Gasteiger partial charge in [-0.3, -0.25) is 10.3 Å². The monoisotopic (exact) mass is 184 g/mol. The molecular weight excluding hydrogens is 164 g/mol. The van der Waals surface area contributed by atoms with Crippen LogP contribution in [0.1, 0.15) is 13.3 Å². The fourth-order valence-corrected chi connectivity index (χ4v) is 1.73. The highest BCUT2D eigenvalue weighted by Gasteiger charge is 2.15. The van der Waals surface area contributed by atoms with Crippen LogP contribution in [0.15, 0.2) is 0 Å². The molecule has 0 bridgehead atoms. The molecule has 1 rings (SSSR count). The smallest absolute Gasteiger partial charge is 0.105 e. The number of nitrogens with one attached hydrogen (secondary N) is 1. The van der Waals surface area contributed by atoms with E-state index in [0.717, 1.165) is 26.2 Å². The average molecular weight is 184 g/mol. The molecule has 0 saturated carbocycles. The zero-order valence-corrected chi connectivity index (χ0v) is 8.42. The first-order chi connectivity index (χ1) is 6.22. The van der Waals surface area contributed by atoms with Crippen LogP contribution in [0.25, 0.3) is 0 Å². The summed E-state index contributed by atoms with van der Waals surface area (Å²) < 4.78 is 0. The molecule has 0 amide bonds. The van der Waals surface area contributed by atoms with E-state index in [-0.39, 0.29) is 5.84 Å². The van der Waals surface area contributed by atoms with E-state index < -0.39 is 0 Å². The Morgan fingerprint density at radius 2 is 1.77 bits per heavy atom. The Morgan fingerprint density at radius 3 is 2.23 bits per heavy atom. The third kappa shape index (κ3) is 3.74. The molecule has 1 fully saturated rings. The molecule has 4 heteroatoms. The van der Waals surface area contributed by atoms with E-state index in [1.807, 2.05) is 0 Å². The van der Waals surface area contributed by atoms with Gasteiger partial charge in [0.1, 0.15) is 5.84 Å². The van der Waals surface area contributed by atoms with Crippen LogP contribution in [-0.2, 0) is 0 Å². The molecule has 0 aromatic rings. The number of hydrogen-bond donors (Lipinski definition) is 2. The Kier molecular flexibility index (Phi) is 4.18. The van der Waals surface area contributed by atoms with E-state index in [4.69, 9.17) is 11.1 Å². The highest BCUT2D eigenvalue weighted by atomic mass is 15.3. The molecule has 1 aliphatic heterocycles. The van der Waals surface area contributed by atoms with Gasteiger partial charge in [-0.05, 0) is 13.0 Å². The molecule has 0 atom stereocenters. The first-order valence-corrected chi connectivity index (χ1v) is 5.00. The maximum absolute atomic E-state index is 7.18. The van der Waals surface area contributed by atoms with Crippen molar-refractivity contribution < 1.29 is 0 Å². The van der Waals surface area contributed by atoms with Crippen molar-refractivity contribution in [2.24, 2.45) is 5.73 Å². The molecule has 13 heavy (non-hydrogen) atoms. The number of hydrogen-bond acceptors (Lipinski definition) is 3. The summed E-state index contributed by atoms with van der Waals surface area (Å²) >= 11 is 0. The van der Waals surface area contributed by atoms with Crippen molar-refractivity contribution in [3.05, 3.63) is 0 Å². The van der Waals surface area contributed by atoms with E-state index in [1.165, 1.54) is 13.0 Å². The van der Waals surface area contributed by atoms with Gasteiger partial charge < -0.3 is 10.6 Å². The number of nitrogens with zero attached hydrogens (tertiary/aromatic N) is 2. The topological polar surface area (TPSA) is 56.4 Å². The van der Waals surface area contributed by atoms with Crippen LogP contribution in [0, 0.1) is 5.41 Å². The quantitative estimate of drug-likeness (QED) is 0.476. The van der Waals surface area contributed by atoms with Gasteiger partial charge in [0.2, 0.25) is 0 Å². The Morgan fingerprint density at radius 1 is 1.23 bits per heavy atom. The lowest BCUT2D eigenvalue weighted by Crippen LogP contribution is -2.48. The van der Waals surface area contributed by atoms with Crippen molar-refractivity contribution in [3.63, 3.8) is 0 Å². The van der Waals surface area contributed by atoms with Gasteiger partial charge in [0.05, 0.1) is 6.54 Å². The van der Waals surface area contributed by atoms with Crippen molar-refractivity contribution in [2.45, 2.75) is 13.3 Å². The van der Waals surface area contributed by atoms with E-state index in [2.05, 4.69) is 16.7 Å². The minimum Gasteiger partial charge on any atom is -0.387 e. The number of rotatable bonds is 4. The molecule has 3 N–H and O–H groups in total. The predicted octanol–water partition coefficient (Wildman–Crippen LogP) is -0.0500. The Balaban J connectivity index is 2.18. The molecule has 1 saturated heterocycles. The van der Waals surface area contributed by atoms with Gasteiger partial charge >= 0.3 is 0 Å². The Hall–Kier alpha value is -0.610. The second-order valence-electron chi connectivity index (χ2n) is 3.64. The van der Waals surface area contributed by atoms with Crippen molar-refractivity contribution in [2.75, 3.05) is 39.3 Å². The summed E-state index contributed by atoms with van der Waals surface area (Å²) in [5, 5.41) is 7.18. The molecule has 1 aliphatic rings. The van der Waals surface area contributed by atoms with Crippen LogP contribution in [0.3, 0.4) is 0 Å². The normalized spacial score (nSPS) is 20.4. The van der Waals surface area contributed by atoms with Gasteiger partial charge in [-0.2, -0.15) is 0 Å². The molecule has 0 aliphatic carbocycles. The van der Waals surface area contributed by atoms with E-state index in [9.17, 15) is 0 Å². The van der Waals surface area contributed by atoms with E-state index >= 15 is 0 Å². The van der Waals surface area contributed by atoms with Gasteiger partial charge in [0.25, 0.3) is 0 Å².